The molecule has 0 saturated carbocycles. The molecule has 1 N–H and O–H groups in total. The van der Waals surface area contributed by atoms with Gasteiger partial charge in [0.25, 0.3) is 0 Å². The predicted molar refractivity (Wildman–Crippen MR) is 140 cm³/mol. The van der Waals surface area contributed by atoms with Crippen LogP contribution in [-0.2, 0) is 9.98 Å². The average molecular weight is 497 g/mol. The van der Waals surface area contributed by atoms with Crippen molar-refractivity contribution >= 4 is 53.9 Å². The number of nitrogens with one attached hydrogen (secondary N) is 1. The molecule has 3 aromatic rings. The van der Waals surface area contributed by atoms with Gasteiger partial charge in [-0.25, -0.2) is 0 Å². The molecule has 1 unspecified atom stereocenters. The maximum Gasteiger partial charge on any atom is 0.313 e. The second kappa shape index (κ2) is 7.95. The van der Waals surface area contributed by atoms with Crippen LogP contribution < -0.4 is 14.8 Å². The highest BCUT2D eigenvalue weighted by Crippen LogP contribution is 2.65. The molecule has 0 radical (unpaired) electrons. The van der Waals surface area contributed by atoms with Crippen LogP contribution in [0.5, 0.6) is 0 Å². The SMILES string of the molecule is CN1C(=C2C=NN(c3ccccc3)P2(=O)Nc2ccc(Cl)cc2Cl)C(C)(C)c2ccccc21. The van der Waals surface area contributed by atoms with E-state index in [0.29, 0.717) is 21.0 Å². The Balaban J connectivity index is 1.72. The Kier molecular flexibility index (Phi) is 5.32. The molecule has 33 heavy (non-hydrogen) atoms. The van der Waals surface area contributed by atoms with Crippen LogP contribution in [0.1, 0.15) is 19.4 Å². The smallest absolute Gasteiger partial charge is 0.313 e. The molecule has 3 aromatic carbocycles. The Bertz CT molecular complexity index is 1350. The number of fused-ring (bicyclic) bond motifs is 1. The molecule has 0 fully saturated rings. The largest absolute Gasteiger partial charge is 0.346 e. The number of hydrazone groups is 1. The maximum atomic E-state index is 15.0. The standard InChI is InChI=1S/C25H23Cl2N4OP/c1-25(2)19-11-7-8-12-22(19)30(3)24(25)23-16-28-31(18-9-5-4-6-10-18)33(23,32)29-21-14-13-17(26)15-20(21)27/h4-16H,1-3H3,(H,29,32). The van der Waals surface area contributed by atoms with Crippen molar-refractivity contribution in [2.24, 2.45) is 5.10 Å². The Morgan fingerprint density at radius 3 is 2.36 bits per heavy atom. The van der Waals surface area contributed by atoms with E-state index in [4.69, 9.17) is 23.2 Å². The molecule has 5 rings (SSSR count). The molecular formula is C25H23Cl2N4OP. The lowest BCUT2D eigenvalue weighted by Gasteiger charge is -2.31. The average Bonchev–Trinajstić information content (AvgIpc) is 3.22. The number of likely N-dealkylation sites (N-methyl/N-ethyl adjacent to an activating group) is 1. The first-order chi connectivity index (χ1) is 15.7. The van der Waals surface area contributed by atoms with Crippen molar-refractivity contribution in [1.82, 2.24) is 0 Å². The van der Waals surface area contributed by atoms with Crippen LogP contribution in [0.25, 0.3) is 0 Å². The summed E-state index contributed by atoms with van der Waals surface area (Å²) in [5, 5.41) is 9.42. The molecule has 0 saturated heterocycles. The van der Waals surface area contributed by atoms with Crippen molar-refractivity contribution in [3.8, 4) is 0 Å². The van der Waals surface area contributed by atoms with Gasteiger partial charge in [0.05, 0.1) is 27.9 Å². The van der Waals surface area contributed by atoms with Gasteiger partial charge in [0.1, 0.15) is 0 Å². The summed E-state index contributed by atoms with van der Waals surface area (Å²) >= 11 is 12.6. The second-order valence-corrected chi connectivity index (χ2v) is 11.7. The summed E-state index contributed by atoms with van der Waals surface area (Å²) < 4.78 is 16.5. The van der Waals surface area contributed by atoms with E-state index in [9.17, 15) is 4.57 Å². The molecule has 0 amide bonds. The number of para-hydroxylation sites is 2. The van der Waals surface area contributed by atoms with Crippen molar-refractivity contribution in [2.75, 3.05) is 21.8 Å². The molecule has 168 valence electrons. The molecule has 0 aromatic heterocycles. The first kappa shape index (κ1) is 22.1. The van der Waals surface area contributed by atoms with Crippen LogP contribution in [-0.4, -0.2) is 13.3 Å². The van der Waals surface area contributed by atoms with Crippen LogP contribution >= 0.6 is 30.6 Å². The summed E-state index contributed by atoms with van der Waals surface area (Å²) in [6.45, 7) is 4.30. The van der Waals surface area contributed by atoms with Crippen molar-refractivity contribution in [2.45, 2.75) is 19.3 Å². The Labute approximate surface area is 203 Å². The molecule has 5 nitrogen and oxygen atoms in total. The minimum absolute atomic E-state index is 0.374. The lowest BCUT2D eigenvalue weighted by Crippen LogP contribution is -2.26. The van der Waals surface area contributed by atoms with Crippen LogP contribution in [0.15, 0.2) is 88.9 Å². The molecule has 1 atom stereocenters. The lowest BCUT2D eigenvalue weighted by molar-refractivity contribution is 0.579. The highest BCUT2D eigenvalue weighted by molar-refractivity contribution is 7.72. The summed E-state index contributed by atoms with van der Waals surface area (Å²) in [5.74, 6) is 0. The van der Waals surface area contributed by atoms with Gasteiger partial charge in [-0.1, -0.05) is 73.4 Å². The van der Waals surface area contributed by atoms with Gasteiger partial charge in [-0.15, -0.1) is 0 Å². The normalized spacial score (nSPS) is 23.2. The molecule has 2 heterocycles. The van der Waals surface area contributed by atoms with Crippen molar-refractivity contribution in [3.63, 3.8) is 0 Å². The second-order valence-electron chi connectivity index (χ2n) is 8.62. The van der Waals surface area contributed by atoms with E-state index in [1.807, 2.05) is 49.5 Å². The lowest BCUT2D eigenvalue weighted by atomic mass is 9.84. The van der Waals surface area contributed by atoms with E-state index in [-0.39, 0.29) is 5.41 Å². The molecule has 2 aliphatic rings. The Morgan fingerprint density at radius 1 is 0.970 bits per heavy atom. The minimum atomic E-state index is -3.50. The van der Waals surface area contributed by atoms with Gasteiger partial charge in [0, 0.05) is 28.9 Å². The van der Waals surface area contributed by atoms with Gasteiger partial charge in [0.15, 0.2) is 0 Å². The highest BCUT2D eigenvalue weighted by Gasteiger charge is 2.48. The van der Waals surface area contributed by atoms with Gasteiger partial charge >= 0.3 is 7.44 Å². The molecule has 0 bridgehead atoms. The minimum Gasteiger partial charge on any atom is -0.346 e. The van der Waals surface area contributed by atoms with Crippen molar-refractivity contribution < 1.29 is 4.57 Å². The fourth-order valence-corrected chi connectivity index (χ4v) is 7.71. The highest BCUT2D eigenvalue weighted by atomic mass is 35.5. The molecule has 8 heteroatoms. The van der Waals surface area contributed by atoms with Crippen LogP contribution in [0.2, 0.25) is 10.0 Å². The summed E-state index contributed by atoms with van der Waals surface area (Å²) in [6.07, 6.45) is 1.71. The first-order valence-electron chi connectivity index (χ1n) is 10.5. The zero-order valence-corrected chi connectivity index (χ0v) is 20.9. The summed E-state index contributed by atoms with van der Waals surface area (Å²) in [6, 6.07) is 22.9. The van der Waals surface area contributed by atoms with Crippen LogP contribution in [0.4, 0.5) is 17.1 Å². The van der Waals surface area contributed by atoms with E-state index in [1.54, 1.807) is 29.2 Å². The Hall–Kier alpha value is -2.72. The van der Waals surface area contributed by atoms with Crippen molar-refractivity contribution in [3.05, 3.63) is 99.4 Å². The number of allylic oxidation sites excluding steroid dienone is 2. The fourth-order valence-electron chi connectivity index (χ4n) is 4.66. The fraction of sp³-hybridized carbons (Fsp3) is 0.160. The number of benzene rings is 3. The number of hydrogen-bond acceptors (Lipinski definition) is 3. The summed E-state index contributed by atoms with van der Waals surface area (Å²) in [7, 11) is -1.49. The summed E-state index contributed by atoms with van der Waals surface area (Å²) in [5.41, 5.74) is 4.09. The van der Waals surface area contributed by atoms with Crippen LogP contribution in [0, 0.1) is 0 Å². The number of hydrogen-bond donors (Lipinski definition) is 1. The number of nitrogens with zero attached hydrogens (tertiary/aromatic N) is 3. The molecule has 2 aliphatic heterocycles. The maximum absolute atomic E-state index is 15.0. The topological polar surface area (TPSA) is 47.9 Å². The molecule has 0 aliphatic carbocycles. The molecular weight excluding hydrogens is 474 g/mol. The van der Waals surface area contributed by atoms with E-state index >= 15 is 0 Å². The summed E-state index contributed by atoms with van der Waals surface area (Å²) in [4.78, 5) is 2.11. The van der Waals surface area contributed by atoms with E-state index < -0.39 is 7.44 Å². The third-order valence-electron chi connectivity index (χ3n) is 6.18. The predicted octanol–water partition coefficient (Wildman–Crippen LogP) is 7.74. The van der Waals surface area contributed by atoms with E-state index in [2.05, 4.69) is 41.1 Å². The third kappa shape index (κ3) is 3.47. The van der Waals surface area contributed by atoms with Gasteiger partial charge in [0.2, 0.25) is 0 Å². The van der Waals surface area contributed by atoms with Crippen LogP contribution in [0.3, 0.4) is 0 Å². The Morgan fingerprint density at radius 2 is 1.67 bits per heavy atom. The zero-order chi connectivity index (χ0) is 23.4. The number of rotatable bonds is 3. The quantitative estimate of drug-likeness (QED) is 0.376. The van der Waals surface area contributed by atoms with Gasteiger partial charge in [-0.3, -0.25) is 4.57 Å². The van der Waals surface area contributed by atoms with Gasteiger partial charge in [-0.05, 0) is 42.0 Å². The number of halogens is 2. The van der Waals surface area contributed by atoms with E-state index in [1.165, 1.54) is 5.56 Å². The number of anilines is 3. The zero-order valence-electron chi connectivity index (χ0n) is 18.5. The third-order valence-corrected chi connectivity index (χ3v) is 9.12. The monoisotopic (exact) mass is 496 g/mol. The van der Waals surface area contributed by atoms with E-state index in [0.717, 1.165) is 17.1 Å². The van der Waals surface area contributed by atoms with Crippen molar-refractivity contribution in [1.29, 1.82) is 0 Å². The van der Waals surface area contributed by atoms with Gasteiger partial charge in [-0.2, -0.15) is 9.88 Å². The first-order valence-corrected chi connectivity index (χ1v) is 13.0. The molecule has 0 spiro atoms. The van der Waals surface area contributed by atoms with Gasteiger partial charge < -0.3 is 9.99 Å².